The number of sulfonamides is 1. The molecule has 0 bridgehead atoms. The van der Waals surface area contributed by atoms with E-state index in [4.69, 9.17) is 9.47 Å². The molecule has 40 heavy (non-hydrogen) atoms. The van der Waals surface area contributed by atoms with E-state index in [-0.39, 0.29) is 35.7 Å². The Kier molecular flexibility index (Phi) is 7.31. The van der Waals surface area contributed by atoms with Gasteiger partial charge in [0.15, 0.2) is 5.69 Å². The normalized spacial score (nSPS) is 16.7. The zero-order valence-corrected chi connectivity index (χ0v) is 22.5. The molecule has 0 aliphatic carbocycles. The fourth-order valence-corrected chi connectivity index (χ4v) is 5.29. The predicted octanol–water partition coefficient (Wildman–Crippen LogP) is 3.14. The first-order valence-electron chi connectivity index (χ1n) is 12.3. The summed E-state index contributed by atoms with van der Waals surface area (Å²) in [4.78, 5) is 16.9. The van der Waals surface area contributed by atoms with Crippen LogP contribution in [-0.2, 0) is 27.4 Å². The summed E-state index contributed by atoms with van der Waals surface area (Å²) in [5.74, 6) is 0.132. The quantitative estimate of drug-likeness (QED) is 0.339. The Morgan fingerprint density at radius 3 is 2.20 bits per heavy atom. The Labute approximate surface area is 228 Å². The van der Waals surface area contributed by atoms with E-state index in [1.165, 1.54) is 24.1 Å². The number of anilines is 1. The average molecular weight is 578 g/mol. The minimum atomic E-state index is -4.74. The van der Waals surface area contributed by atoms with Gasteiger partial charge in [-0.25, -0.2) is 13.1 Å². The molecule has 212 valence electrons. The molecular weight excluding hydrogens is 551 g/mol. The number of ether oxygens (including phenoxy) is 2. The number of aromatic nitrogens is 2. The lowest BCUT2D eigenvalue weighted by Gasteiger charge is -2.30. The van der Waals surface area contributed by atoms with Crippen molar-refractivity contribution >= 4 is 27.5 Å². The van der Waals surface area contributed by atoms with Gasteiger partial charge in [0, 0.05) is 36.4 Å². The van der Waals surface area contributed by atoms with Crippen LogP contribution in [0.1, 0.15) is 27.3 Å². The minimum Gasteiger partial charge on any atom is -0.497 e. The Balaban J connectivity index is 1.51. The highest BCUT2D eigenvalue weighted by atomic mass is 32.2. The van der Waals surface area contributed by atoms with Gasteiger partial charge in [0.05, 0.1) is 32.3 Å². The number of amidine groups is 1. The first-order valence-corrected chi connectivity index (χ1v) is 14.2. The highest BCUT2D eigenvalue weighted by molar-refractivity contribution is 7.89. The molecule has 2 aliphatic heterocycles. The van der Waals surface area contributed by atoms with Crippen LogP contribution < -0.4 is 9.64 Å². The van der Waals surface area contributed by atoms with Crippen molar-refractivity contribution < 1.29 is 35.9 Å². The molecule has 3 aromatic rings. The SMILES string of the molecule is COc1ccc(-n2nc(C(F)(F)F)c3c2C(=O)N(c2ccc(C(=NS(C)(=O)=O)N4CCOCC4)cc2)CC3)cc1. The summed E-state index contributed by atoms with van der Waals surface area (Å²) in [6.45, 7) is 1.78. The molecule has 0 atom stereocenters. The number of rotatable bonds is 5. The first-order chi connectivity index (χ1) is 19.0. The van der Waals surface area contributed by atoms with Gasteiger partial charge in [-0.2, -0.15) is 18.3 Å². The smallest absolute Gasteiger partial charge is 0.435 e. The number of halogens is 3. The molecule has 0 unspecified atom stereocenters. The van der Waals surface area contributed by atoms with Crippen molar-refractivity contribution in [2.24, 2.45) is 4.40 Å². The second kappa shape index (κ2) is 10.6. The van der Waals surface area contributed by atoms with Crippen molar-refractivity contribution in [3.63, 3.8) is 0 Å². The molecule has 2 aromatic carbocycles. The van der Waals surface area contributed by atoms with Crippen LogP contribution >= 0.6 is 0 Å². The number of amides is 1. The summed E-state index contributed by atoms with van der Waals surface area (Å²) in [5, 5.41) is 3.81. The number of carbonyl (C=O) groups is 1. The number of benzene rings is 2. The number of carbonyl (C=O) groups excluding carboxylic acids is 1. The molecule has 10 nitrogen and oxygen atoms in total. The number of hydrogen-bond donors (Lipinski definition) is 0. The molecule has 0 N–H and O–H groups in total. The van der Waals surface area contributed by atoms with Gasteiger partial charge >= 0.3 is 6.18 Å². The van der Waals surface area contributed by atoms with Gasteiger partial charge in [-0.15, -0.1) is 4.40 Å². The minimum absolute atomic E-state index is 0.0102. The van der Waals surface area contributed by atoms with Gasteiger partial charge in [-0.1, -0.05) is 0 Å². The molecular formula is C26H26F3N5O5S. The lowest BCUT2D eigenvalue weighted by Crippen LogP contribution is -2.41. The Morgan fingerprint density at radius 1 is 1.00 bits per heavy atom. The average Bonchev–Trinajstić information content (AvgIpc) is 3.34. The first kappa shape index (κ1) is 27.6. The van der Waals surface area contributed by atoms with E-state index in [1.54, 1.807) is 36.4 Å². The fourth-order valence-electron chi connectivity index (χ4n) is 4.76. The van der Waals surface area contributed by atoms with Gasteiger partial charge in [0.25, 0.3) is 15.9 Å². The fraction of sp³-hybridized carbons (Fsp3) is 0.346. The van der Waals surface area contributed by atoms with E-state index in [0.29, 0.717) is 43.3 Å². The summed E-state index contributed by atoms with van der Waals surface area (Å²) in [6, 6.07) is 12.7. The largest absolute Gasteiger partial charge is 0.497 e. The van der Waals surface area contributed by atoms with Crippen molar-refractivity contribution in [3.05, 3.63) is 71.0 Å². The highest BCUT2D eigenvalue weighted by Gasteiger charge is 2.43. The van der Waals surface area contributed by atoms with E-state index < -0.39 is 27.8 Å². The van der Waals surface area contributed by atoms with Crippen LogP contribution in [0.15, 0.2) is 52.9 Å². The van der Waals surface area contributed by atoms with Gasteiger partial charge < -0.3 is 19.3 Å². The highest BCUT2D eigenvalue weighted by Crippen LogP contribution is 2.37. The lowest BCUT2D eigenvalue weighted by atomic mass is 10.0. The third-order valence-electron chi connectivity index (χ3n) is 6.60. The summed E-state index contributed by atoms with van der Waals surface area (Å²) in [6.07, 6.45) is -3.78. The lowest BCUT2D eigenvalue weighted by molar-refractivity contribution is -0.141. The van der Waals surface area contributed by atoms with Gasteiger partial charge in [-0.05, 0) is 55.0 Å². The van der Waals surface area contributed by atoms with Crippen LogP contribution in [0.2, 0.25) is 0 Å². The van der Waals surface area contributed by atoms with Crippen molar-refractivity contribution in [1.82, 2.24) is 14.7 Å². The Hall–Kier alpha value is -3.91. The van der Waals surface area contributed by atoms with E-state index in [9.17, 15) is 26.4 Å². The van der Waals surface area contributed by atoms with Gasteiger partial charge in [0.1, 0.15) is 17.3 Å². The van der Waals surface area contributed by atoms with E-state index in [2.05, 4.69) is 9.50 Å². The molecule has 1 aromatic heterocycles. The third-order valence-corrected chi connectivity index (χ3v) is 7.11. The molecule has 3 heterocycles. The van der Waals surface area contributed by atoms with Crippen LogP contribution in [0.25, 0.3) is 5.69 Å². The standard InChI is InChI=1S/C26H26F3N5O5S/c1-38-20-9-7-19(8-10-20)34-22-21(23(30-34)26(27,28)29)11-12-33(25(22)35)18-5-3-17(4-6-18)24(31-40(2,36)37)32-13-15-39-16-14-32/h3-10H,11-16H2,1-2H3. The van der Waals surface area contributed by atoms with Crippen molar-refractivity contribution in [1.29, 1.82) is 0 Å². The zero-order valence-electron chi connectivity index (χ0n) is 21.7. The van der Waals surface area contributed by atoms with Crippen LogP contribution in [0.4, 0.5) is 18.9 Å². The molecule has 0 radical (unpaired) electrons. The van der Waals surface area contributed by atoms with Gasteiger partial charge in [0.2, 0.25) is 0 Å². The maximum absolute atomic E-state index is 13.9. The summed E-state index contributed by atoms with van der Waals surface area (Å²) in [5.41, 5.74) is -0.171. The summed E-state index contributed by atoms with van der Waals surface area (Å²) < 4.78 is 81.1. The second-order valence-electron chi connectivity index (χ2n) is 9.28. The van der Waals surface area contributed by atoms with Crippen molar-refractivity contribution in [2.75, 3.05) is 51.1 Å². The van der Waals surface area contributed by atoms with Crippen LogP contribution in [0, 0.1) is 0 Å². The predicted molar refractivity (Wildman–Crippen MR) is 141 cm³/mol. The van der Waals surface area contributed by atoms with Gasteiger partial charge in [-0.3, -0.25) is 4.79 Å². The molecule has 1 amide bonds. The van der Waals surface area contributed by atoms with E-state index >= 15 is 0 Å². The zero-order chi connectivity index (χ0) is 28.7. The van der Waals surface area contributed by atoms with Crippen molar-refractivity contribution in [3.8, 4) is 11.4 Å². The number of nitrogens with zero attached hydrogens (tertiary/aromatic N) is 5. The van der Waals surface area contributed by atoms with E-state index in [1.807, 2.05) is 4.90 Å². The number of hydrogen-bond acceptors (Lipinski definition) is 6. The molecule has 2 aliphatic rings. The maximum Gasteiger partial charge on any atom is 0.435 e. The second-order valence-corrected chi connectivity index (χ2v) is 10.9. The molecule has 0 spiro atoms. The topological polar surface area (TPSA) is 106 Å². The Morgan fingerprint density at radius 2 is 1.62 bits per heavy atom. The van der Waals surface area contributed by atoms with E-state index in [0.717, 1.165) is 10.9 Å². The molecule has 1 fully saturated rings. The molecule has 1 saturated heterocycles. The number of fused-ring (bicyclic) bond motifs is 1. The van der Waals surface area contributed by atoms with Crippen LogP contribution in [0.3, 0.4) is 0 Å². The maximum atomic E-state index is 13.9. The van der Waals surface area contributed by atoms with Crippen LogP contribution in [-0.4, -0.2) is 81.1 Å². The molecule has 14 heteroatoms. The third kappa shape index (κ3) is 5.54. The monoisotopic (exact) mass is 577 g/mol. The van der Waals surface area contributed by atoms with Crippen molar-refractivity contribution in [2.45, 2.75) is 12.6 Å². The summed E-state index contributed by atoms with van der Waals surface area (Å²) in [7, 11) is -2.24. The summed E-state index contributed by atoms with van der Waals surface area (Å²) >= 11 is 0. The Bertz CT molecular complexity index is 1540. The van der Waals surface area contributed by atoms with Crippen LogP contribution in [0.5, 0.6) is 5.75 Å². The number of alkyl halides is 3. The molecule has 0 saturated carbocycles. The number of morpholine rings is 1. The number of methoxy groups -OCH3 is 1. The molecule has 5 rings (SSSR count).